The summed E-state index contributed by atoms with van der Waals surface area (Å²) in [6.45, 7) is 8.23. The zero-order valence-corrected chi connectivity index (χ0v) is 15.4. The molecule has 2 aliphatic heterocycles. The van der Waals surface area contributed by atoms with E-state index in [0.717, 1.165) is 37.6 Å². The Balaban J connectivity index is 1.43. The van der Waals surface area contributed by atoms with Gasteiger partial charge in [0.15, 0.2) is 0 Å². The van der Waals surface area contributed by atoms with Crippen molar-refractivity contribution in [2.24, 2.45) is 0 Å². The van der Waals surface area contributed by atoms with Crippen molar-refractivity contribution in [3.8, 4) is 0 Å². The molecule has 2 fully saturated rings. The van der Waals surface area contributed by atoms with Crippen LogP contribution in [0.25, 0.3) is 0 Å². The maximum atomic E-state index is 12.2. The van der Waals surface area contributed by atoms with E-state index in [4.69, 9.17) is 0 Å². The number of amides is 3. The van der Waals surface area contributed by atoms with Crippen molar-refractivity contribution >= 4 is 11.9 Å². The maximum Gasteiger partial charge on any atom is 0.325 e. The van der Waals surface area contributed by atoms with E-state index < -0.39 is 17.7 Å². The predicted octanol–water partition coefficient (Wildman–Crippen LogP) is -0.109. The molecule has 142 valence electrons. The highest BCUT2D eigenvalue weighted by atomic mass is 16.3. The minimum atomic E-state index is -0.894. The van der Waals surface area contributed by atoms with Gasteiger partial charge in [-0.15, -0.1) is 0 Å². The van der Waals surface area contributed by atoms with E-state index in [-0.39, 0.29) is 12.5 Å². The van der Waals surface area contributed by atoms with Crippen LogP contribution >= 0.6 is 0 Å². The molecule has 2 N–H and O–H groups in total. The summed E-state index contributed by atoms with van der Waals surface area (Å²) in [6, 6.07) is 3.59. The summed E-state index contributed by atoms with van der Waals surface area (Å²) in [5.74, 6) is -0.289. The van der Waals surface area contributed by atoms with E-state index in [0.29, 0.717) is 6.54 Å². The van der Waals surface area contributed by atoms with E-state index in [2.05, 4.69) is 26.2 Å². The Bertz CT molecular complexity index is 643. The van der Waals surface area contributed by atoms with E-state index in [1.807, 2.05) is 12.3 Å². The van der Waals surface area contributed by atoms with Crippen LogP contribution in [-0.4, -0.2) is 87.6 Å². The van der Waals surface area contributed by atoms with Crippen molar-refractivity contribution in [1.82, 2.24) is 25.0 Å². The molecule has 0 spiro atoms. The molecular weight excluding hydrogens is 334 g/mol. The molecule has 0 saturated carbocycles. The van der Waals surface area contributed by atoms with E-state index >= 15 is 0 Å². The molecule has 3 amide bonds. The van der Waals surface area contributed by atoms with Crippen LogP contribution in [0.2, 0.25) is 0 Å². The number of urea groups is 1. The number of piperazine rings is 1. The molecule has 0 bridgehead atoms. The van der Waals surface area contributed by atoms with Gasteiger partial charge in [0.05, 0.1) is 12.6 Å². The van der Waals surface area contributed by atoms with Gasteiger partial charge in [-0.1, -0.05) is 6.07 Å². The smallest absolute Gasteiger partial charge is 0.325 e. The molecule has 1 aromatic heterocycles. The van der Waals surface area contributed by atoms with Crippen molar-refractivity contribution in [3.05, 3.63) is 30.1 Å². The lowest BCUT2D eigenvalue weighted by Gasteiger charge is -2.35. The molecule has 0 aliphatic carbocycles. The van der Waals surface area contributed by atoms with Crippen LogP contribution < -0.4 is 5.32 Å². The highest BCUT2D eigenvalue weighted by molar-refractivity contribution is 6.06. The van der Waals surface area contributed by atoms with Gasteiger partial charge >= 0.3 is 6.03 Å². The Morgan fingerprint density at radius 2 is 1.88 bits per heavy atom. The Kier molecular flexibility index (Phi) is 5.55. The Hall–Kier alpha value is -2.03. The molecule has 2 saturated heterocycles. The van der Waals surface area contributed by atoms with Gasteiger partial charge in [-0.2, -0.15) is 0 Å². The molecule has 0 radical (unpaired) electrons. The molecular formula is C18H27N5O3. The molecule has 0 aromatic carbocycles. The summed E-state index contributed by atoms with van der Waals surface area (Å²) in [6.07, 6.45) is 2.91. The first-order chi connectivity index (χ1) is 12.3. The Morgan fingerprint density at radius 1 is 1.19 bits per heavy atom. The van der Waals surface area contributed by atoms with Crippen LogP contribution in [0.1, 0.15) is 19.4 Å². The van der Waals surface area contributed by atoms with Crippen molar-refractivity contribution in [2.75, 3.05) is 39.3 Å². The van der Waals surface area contributed by atoms with Gasteiger partial charge < -0.3 is 10.4 Å². The number of pyridine rings is 1. The highest BCUT2D eigenvalue weighted by Crippen LogP contribution is 2.17. The average molecular weight is 361 g/mol. The normalized spacial score (nSPS) is 22.5. The molecule has 3 rings (SSSR count). The van der Waals surface area contributed by atoms with Gasteiger partial charge in [-0.05, 0) is 25.5 Å². The number of aliphatic hydroxyl groups excluding tert-OH is 1. The van der Waals surface area contributed by atoms with Crippen molar-refractivity contribution in [3.63, 3.8) is 0 Å². The second-order valence-corrected chi connectivity index (χ2v) is 7.56. The molecule has 8 nitrogen and oxygen atoms in total. The van der Waals surface area contributed by atoms with Gasteiger partial charge in [-0.3, -0.25) is 24.5 Å². The third kappa shape index (κ3) is 4.38. The Labute approximate surface area is 153 Å². The van der Waals surface area contributed by atoms with Gasteiger partial charge in [0, 0.05) is 51.7 Å². The van der Waals surface area contributed by atoms with Crippen molar-refractivity contribution in [2.45, 2.75) is 32.0 Å². The number of nitrogens with zero attached hydrogens (tertiary/aromatic N) is 4. The van der Waals surface area contributed by atoms with Gasteiger partial charge in [0.1, 0.15) is 5.54 Å². The molecule has 26 heavy (non-hydrogen) atoms. The molecule has 1 atom stereocenters. The topological polar surface area (TPSA) is 89.0 Å². The van der Waals surface area contributed by atoms with Crippen molar-refractivity contribution in [1.29, 1.82) is 0 Å². The zero-order chi connectivity index (χ0) is 18.7. The summed E-state index contributed by atoms with van der Waals surface area (Å²) in [5, 5.41) is 13.0. The predicted molar refractivity (Wildman–Crippen MR) is 96.3 cm³/mol. The third-order valence-corrected chi connectivity index (χ3v) is 4.90. The third-order valence-electron chi connectivity index (χ3n) is 4.90. The summed E-state index contributed by atoms with van der Waals surface area (Å²) < 4.78 is 0. The molecule has 3 heterocycles. The Morgan fingerprint density at radius 3 is 2.46 bits per heavy atom. The number of aromatic nitrogens is 1. The maximum absolute atomic E-state index is 12.2. The van der Waals surface area contributed by atoms with E-state index in [9.17, 15) is 14.7 Å². The summed E-state index contributed by atoms with van der Waals surface area (Å²) >= 11 is 0. The minimum Gasteiger partial charge on any atom is -0.390 e. The fraction of sp³-hybridized carbons (Fsp3) is 0.611. The number of carbonyl (C=O) groups is 2. The van der Waals surface area contributed by atoms with Gasteiger partial charge in [0.2, 0.25) is 0 Å². The van der Waals surface area contributed by atoms with Crippen LogP contribution in [0.5, 0.6) is 0 Å². The minimum absolute atomic E-state index is 0.0317. The lowest BCUT2D eigenvalue weighted by molar-refractivity contribution is -0.131. The van der Waals surface area contributed by atoms with Crippen LogP contribution in [-0.2, 0) is 11.3 Å². The number of hydrogen-bond donors (Lipinski definition) is 2. The standard InChI is InChI=1S/C18H27N5O3/c1-18(2)16(25)23(17(26)20-18)13-15(24)12-22-8-6-21(7-9-22)11-14-4-3-5-19-10-14/h3-5,10,15,24H,6-9,11-13H2,1-2H3,(H,20,26)/t15-/m1/s1. The van der Waals surface area contributed by atoms with E-state index in [1.54, 1.807) is 20.0 Å². The number of rotatable bonds is 6. The molecule has 8 heteroatoms. The monoisotopic (exact) mass is 361 g/mol. The fourth-order valence-electron chi connectivity index (χ4n) is 3.43. The van der Waals surface area contributed by atoms with Gasteiger partial charge in [0.25, 0.3) is 5.91 Å². The number of imide groups is 1. The second-order valence-electron chi connectivity index (χ2n) is 7.56. The number of aliphatic hydroxyl groups is 1. The summed E-state index contributed by atoms with van der Waals surface area (Å²) in [7, 11) is 0. The number of carbonyl (C=O) groups excluding carboxylic acids is 2. The van der Waals surface area contributed by atoms with Crippen LogP contribution in [0.15, 0.2) is 24.5 Å². The molecule has 2 aliphatic rings. The number of hydrogen-bond acceptors (Lipinski definition) is 6. The zero-order valence-electron chi connectivity index (χ0n) is 15.4. The van der Waals surface area contributed by atoms with E-state index in [1.165, 1.54) is 5.56 Å². The first-order valence-corrected chi connectivity index (χ1v) is 9.01. The first kappa shape index (κ1) is 18.8. The average Bonchev–Trinajstić information content (AvgIpc) is 2.79. The SMILES string of the molecule is CC1(C)NC(=O)N(C[C@H](O)CN2CCN(Cc3cccnc3)CC2)C1=O. The molecule has 0 unspecified atom stereocenters. The highest BCUT2D eigenvalue weighted by Gasteiger charge is 2.44. The lowest BCUT2D eigenvalue weighted by Crippen LogP contribution is -2.50. The quantitative estimate of drug-likeness (QED) is 0.688. The largest absolute Gasteiger partial charge is 0.390 e. The summed E-state index contributed by atoms with van der Waals surface area (Å²) in [4.78, 5) is 33.9. The van der Waals surface area contributed by atoms with Crippen LogP contribution in [0.4, 0.5) is 4.79 Å². The van der Waals surface area contributed by atoms with Gasteiger partial charge in [-0.25, -0.2) is 4.79 Å². The molecule has 1 aromatic rings. The van der Waals surface area contributed by atoms with Crippen molar-refractivity contribution < 1.29 is 14.7 Å². The number of β-amino-alcohol motifs (C(OH)–C–C–N with tert-alkyl or cyclic N) is 1. The number of nitrogens with one attached hydrogen (secondary N) is 1. The fourth-order valence-corrected chi connectivity index (χ4v) is 3.43. The summed E-state index contributed by atoms with van der Waals surface area (Å²) in [5.41, 5.74) is 0.302. The second kappa shape index (κ2) is 7.69. The van der Waals surface area contributed by atoms with Crippen LogP contribution in [0.3, 0.4) is 0 Å². The first-order valence-electron chi connectivity index (χ1n) is 9.01. The lowest BCUT2D eigenvalue weighted by atomic mass is 10.1. The van der Waals surface area contributed by atoms with Crippen LogP contribution in [0, 0.1) is 0 Å².